The maximum absolute atomic E-state index is 8.27. The summed E-state index contributed by atoms with van der Waals surface area (Å²) in [4.78, 5) is 7.76. The van der Waals surface area contributed by atoms with Gasteiger partial charge in [0.05, 0.1) is 0 Å². The van der Waals surface area contributed by atoms with Gasteiger partial charge in [0.1, 0.15) is 0 Å². The second kappa shape index (κ2) is 6.93. The van der Waals surface area contributed by atoms with Crippen molar-refractivity contribution in [1.29, 1.82) is 5.41 Å². The van der Waals surface area contributed by atoms with Gasteiger partial charge in [-0.2, -0.15) is 0 Å². The van der Waals surface area contributed by atoms with Gasteiger partial charge in [-0.25, -0.2) is 10.2 Å². The normalized spacial score (nSPS) is 11.3. The molecule has 70 valence electrons. The minimum atomic E-state index is -0.153. The Morgan fingerprint density at radius 3 is 2.83 bits per heavy atom. The largest absolute Gasteiger partial charge is 0.378 e. The average Bonchev–Trinajstić information content (AvgIpc) is 2.02. The summed E-state index contributed by atoms with van der Waals surface area (Å²) in [7, 11) is 0. The SMILES string of the molecule is CCCCN=C(OO)SC(=N)N. The zero-order valence-corrected chi connectivity index (χ0v) is 7.73. The highest BCUT2D eigenvalue weighted by molar-refractivity contribution is 8.26. The zero-order chi connectivity index (χ0) is 9.40. The molecular formula is C6H13N3O2S. The van der Waals surface area contributed by atoms with Gasteiger partial charge in [0.2, 0.25) is 0 Å². The van der Waals surface area contributed by atoms with E-state index in [2.05, 4.69) is 9.88 Å². The molecule has 0 atom stereocenters. The Labute approximate surface area is 75.4 Å². The summed E-state index contributed by atoms with van der Waals surface area (Å²) in [5.41, 5.74) is 5.05. The number of nitrogens with zero attached hydrogens (tertiary/aromatic N) is 1. The molecule has 4 N–H and O–H groups in total. The smallest absolute Gasteiger partial charge is 0.294 e. The molecule has 0 aliphatic rings. The molecule has 0 bridgehead atoms. The molecule has 0 aliphatic carbocycles. The van der Waals surface area contributed by atoms with Gasteiger partial charge >= 0.3 is 0 Å². The third kappa shape index (κ3) is 5.99. The van der Waals surface area contributed by atoms with Crippen LogP contribution < -0.4 is 5.73 Å². The predicted octanol–water partition coefficient (Wildman–Crippen LogP) is 1.26. The fourth-order valence-electron chi connectivity index (χ4n) is 0.502. The molecule has 0 aromatic carbocycles. The lowest BCUT2D eigenvalue weighted by molar-refractivity contribution is -0.150. The Hall–Kier alpha value is -0.750. The minimum absolute atomic E-state index is 0.0240. The van der Waals surface area contributed by atoms with Crippen molar-refractivity contribution in [2.45, 2.75) is 19.8 Å². The summed E-state index contributed by atoms with van der Waals surface area (Å²) >= 11 is 0.789. The van der Waals surface area contributed by atoms with E-state index >= 15 is 0 Å². The third-order valence-corrected chi connectivity index (χ3v) is 1.63. The Morgan fingerprint density at radius 2 is 2.42 bits per heavy atom. The van der Waals surface area contributed by atoms with Gasteiger partial charge in [-0.3, -0.25) is 5.41 Å². The van der Waals surface area contributed by atoms with Crippen LogP contribution in [0.3, 0.4) is 0 Å². The number of amidine groups is 1. The molecule has 0 rings (SSSR count). The minimum Gasteiger partial charge on any atom is -0.378 e. The van der Waals surface area contributed by atoms with Gasteiger partial charge in [0, 0.05) is 18.3 Å². The molecule has 0 saturated heterocycles. The van der Waals surface area contributed by atoms with E-state index in [1.54, 1.807) is 0 Å². The van der Waals surface area contributed by atoms with E-state index in [-0.39, 0.29) is 10.4 Å². The molecule has 6 heteroatoms. The zero-order valence-electron chi connectivity index (χ0n) is 6.91. The molecule has 0 radical (unpaired) electrons. The standard InChI is InChI=1S/C6H13N3O2S/c1-2-3-4-9-6(11-10)12-5(7)8/h10H,2-4H2,1H3,(H3,7,8). The molecule has 0 aromatic rings. The molecule has 0 heterocycles. The Balaban J connectivity index is 3.78. The van der Waals surface area contributed by atoms with Crippen molar-refractivity contribution in [3.05, 3.63) is 0 Å². The number of nitrogens with one attached hydrogen (secondary N) is 1. The summed E-state index contributed by atoms with van der Waals surface area (Å²) < 4.78 is 0. The van der Waals surface area contributed by atoms with Crippen LogP contribution in [0, 0.1) is 5.41 Å². The van der Waals surface area contributed by atoms with Crippen molar-refractivity contribution < 1.29 is 10.1 Å². The molecule has 0 spiro atoms. The van der Waals surface area contributed by atoms with Crippen molar-refractivity contribution in [2.75, 3.05) is 6.54 Å². The van der Waals surface area contributed by atoms with E-state index in [4.69, 9.17) is 16.4 Å². The highest BCUT2D eigenvalue weighted by Gasteiger charge is 2.02. The molecule has 0 saturated carbocycles. The number of nitrogens with two attached hydrogens (primary N) is 1. The number of thioether (sulfide) groups is 1. The van der Waals surface area contributed by atoms with Crippen molar-refractivity contribution >= 4 is 22.2 Å². The van der Waals surface area contributed by atoms with Gasteiger partial charge in [-0.15, -0.1) is 0 Å². The van der Waals surface area contributed by atoms with Crippen LogP contribution in [0.4, 0.5) is 0 Å². The Morgan fingerprint density at radius 1 is 1.75 bits per heavy atom. The molecule has 0 unspecified atom stereocenters. The highest BCUT2D eigenvalue weighted by Crippen LogP contribution is 2.03. The molecule has 0 aliphatic heterocycles. The number of hydrogen-bond donors (Lipinski definition) is 3. The van der Waals surface area contributed by atoms with Crippen molar-refractivity contribution in [3.63, 3.8) is 0 Å². The fraction of sp³-hybridized carbons (Fsp3) is 0.667. The van der Waals surface area contributed by atoms with E-state index in [1.807, 2.05) is 6.92 Å². The van der Waals surface area contributed by atoms with E-state index in [0.29, 0.717) is 6.54 Å². The Bertz CT molecular complexity index is 172. The first-order valence-electron chi connectivity index (χ1n) is 3.58. The van der Waals surface area contributed by atoms with Crippen LogP contribution in [0.5, 0.6) is 0 Å². The summed E-state index contributed by atoms with van der Waals surface area (Å²) in [6.07, 6.45) is 1.94. The third-order valence-electron chi connectivity index (χ3n) is 1.03. The first kappa shape index (κ1) is 11.2. The quantitative estimate of drug-likeness (QED) is 0.206. The lowest BCUT2D eigenvalue weighted by atomic mass is 10.3. The fourth-order valence-corrected chi connectivity index (χ4v) is 0.884. The predicted molar refractivity (Wildman–Crippen MR) is 50.4 cm³/mol. The molecule has 0 aromatic heterocycles. The van der Waals surface area contributed by atoms with Gasteiger partial charge in [0.25, 0.3) is 5.23 Å². The maximum atomic E-state index is 8.27. The summed E-state index contributed by atoms with van der Waals surface area (Å²) in [6, 6.07) is 0. The Kier molecular flexibility index (Phi) is 6.50. The lowest BCUT2D eigenvalue weighted by Crippen LogP contribution is -2.10. The number of aliphatic imine (C=N–C) groups is 1. The topological polar surface area (TPSA) is 91.7 Å². The molecule has 5 nitrogen and oxygen atoms in total. The van der Waals surface area contributed by atoms with Crippen LogP contribution >= 0.6 is 11.8 Å². The summed E-state index contributed by atoms with van der Waals surface area (Å²) in [6.45, 7) is 2.61. The van der Waals surface area contributed by atoms with E-state index < -0.39 is 0 Å². The second-order valence-corrected chi connectivity index (χ2v) is 3.05. The van der Waals surface area contributed by atoms with Crippen molar-refractivity contribution in [1.82, 2.24) is 0 Å². The van der Waals surface area contributed by atoms with E-state index in [9.17, 15) is 0 Å². The van der Waals surface area contributed by atoms with Gasteiger partial charge < -0.3 is 10.6 Å². The number of rotatable bonds is 3. The van der Waals surface area contributed by atoms with Crippen LogP contribution in [0.15, 0.2) is 4.99 Å². The van der Waals surface area contributed by atoms with Crippen LogP contribution in [0.1, 0.15) is 19.8 Å². The van der Waals surface area contributed by atoms with Crippen LogP contribution in [0.25, 0.3) is 0 Å². The van der Waals surface area contributed by atoms with Crippen molar-refractivity contribution in [3.8, 4) is 0 Å². The molecule has 0 amide bonds. The van der Waals surface area contributed by atoms with Crippen LogP contribution in [-0.2, 0) is 4.89 Å². The first-order chi connectivity index (χ1) is 5.70. The summed E-state index contributed by atoms with van der Waals surface area (Å²) in [5.74, 6) is 0. The highest BCUT2D eigenvalue weighted by atomic mass is 32.2. The average molecular weight is 191 g/mol. The molecular weight excluding hydrogens is 178 g/mol. The molecule has 0 fully saturated rings. The second-order valence-electron chi connectivity index (χ2n) is 2.06. The van der Waals surface area contributed by atoms with Crippen molar-refractivity contribution in [2.24, 2.45) is 10.7 Å². The van der Waals surface area contributed by atoms with Gasteiger partial charge in [0.15, 0.2) is 5.17 Å². The van der Waals surface area contributed by atoms with Crippen LogP contribution in [0.2, 0.25) is 0 Å². The van der Waals surface area contributed by atoms with Gasteiger partial charge in [-0.1, -0.05) is 13.3 Å². The first-order valence-corrected chi connectivity index (χ1v) is 4.40. The van der Waals surface area contributed by atoms with Crippen LogP contribution in [-0.4, -0.2) is 22.2 Å². The van der Waals surface area contributed by atoms with E-state index in [0.717, 1.165) is 24.6 Å². The maximum Gasteiger partial charge on any atom is 0.294 e. The molecule has 12 heavy (non-hydrogen) atoms. The van der Waals surface area contributed by atoms with Gasteiger partial charge in [-0.05, 0) is 6.42 Å². The monoisotopic (exact) mass is 191 g/mol. The summed E-state index contributed by atoms with van der Waals surface area (Å²) in [5, 5.41) is 15.0. The number of hydrogen-bond acceptors (Lipinski definition) is 5. The number of unbranched alkanes of at least 4 members (excludes halogenated alkanes) is 1. The van der Waals surface area contributed by atoms with E-state index in [1.165, 1.54) is 0 Å². The lowest BCUT2D eigenvalue weighted by Gasteiger charge is -1.99.